The molecule has 1 aromatic heterocycles. The molecule has 80 valence electrons. The molecule has 0 atom stereocenters. The molecule has 3 nitrogen and oxygen atoms in total. The quantitative estimate of drug-likeness (QED) is 0.676. The van der Waals surface area contributed by atoms with E-state index >= 15 is 0 Å². The monoisotopic (exact) mass is 195 g/mol. The van der Waals surface area contributed by atoms with Gasteiger partial charge in [-0.05, 0) is 12.8 Å². The average Bonchev–Trinajstić information content (AvgIpc) is 2.61. The first-order valence-corrected chi connectivity index (χ1v) is 5.57. The van der Waals surface area contributed by atoms with E-state index in [2.05, 4.69) is 22.7 Å². The third-order valence-electron chi connectivity index (χ3n) is 2.36. The van der Waals surface area contributed by atoms with Gasteiger partial charge in [-0.3, -0.25) is 0 Å². The molecule has 0 saturated carbocycles. The van der Waals surface area contributed by atoms with Crippen molar-refractivity contribution in [1.82, 2.24) is 9.55 Å². The number of hydrogen-bond acceptors (Lipinski definition) is 2. The Kier molecular flexibility index (Phi) is 5.30. The molecule has 2 N–H and O–H groups in total. The number of aryl methyl sites for hydroxylation is 1. The molecule has 0 fully saturated rings. The predicted molar refractivity (Wildman–Crippen MR) is 59.1 cm³/mol. The normalized spacial score (nSPS) is 10.7. The van der Waals surface area contributed by atoms with Crippen LogP contribution in [0.25, 0.3) is 0 Å². The molecule has 0 aromatic carbocycles. The van der Waals surface area contributed by atoms with Crippen LogP contribution in [0.15, 0.2) is 12.5 Å². The minimum absolute atomic E-state index is 0.686. The number of aromatic nitrogens is 2. The molecule has 0 aliphatic rings. The fraction of sp³-hybridized carbons (Fsp3) is 0.727. The van der Waals surface area contributed by atoms with Crippen molar-refractivity contribution >= 4 is 0 Å². The smallest absolute Gasteiger partial charge is 0.0949 e. The fourth-order valence-corrected chi connectivity index (χ4v) is 1.54. The van der Waals surface area contributed by atoms with Crippen LogP contribution >= 0.6 is 0 Å². The summed E-state index contributed by atoms with van der Waals surface area (Å²) in [6, 6.07) is 0. The van der Waals surface area contributed by atoms with Gasteiger partial charge in [0.25, 0.3) is 0 Å². The van der Waals surface area contributed by atoms with Gasteiger partial charge >= 0.3 is 0 Å². The third-order valence-corrected chi connectivity index (χ3v) is 2.36. The van der Waals surface area contributed by atoms with E-state index in [9.17, 15) is 0 Å². The Hall–Kier alpha value is -0.830. The minimum Gasteiger partial charge on any atom is -0.336 e. The van der Waals surface area contributed by atoms with Gasteiger partial charge in [-0.25, -0.2) is 4.98 Å². The molecule has 0 spiro atoms. The van der Waals surface area contributed by atoms with Crippen LogP contribution in [0.5, 0.6) is 0 Å². The lowest BCUT2D eigenvalue weighted by Gasteiger charge is -1.97. The highest BCUT2D eigenvalue weighted by atomic mass is 15.0. The number of unbranched alkanes of at least 4 members (excludes halogenated alkanes) is 3. The second kappa shape index (κ2) is 6.60. The van der Waals surface area contributed by atoms with Gasteiger partial charge in [0.05, 0.1) is 12.0 Å². The molecule has 0 saturated heterocycles. The average molecular weight is 195 g/mol. The second-order valence-corrected chi connectivity index (χ2v) is 3.70. The Bertz CT molecular complexity index is 242. The van der Waals surface area contributed by atoms with Gasteiger partial charge in [-0.1, -0.05) is 26.2 Å². The van der Waals surface area contributed by atoms with E-state index in [1.165, 1.54) is 31.4 Å². The van der Waals surface area contributed by atoms with Gasteiger partial charge in [0.1, 0.15) is 0 Å². The van der Waals surface area contributed by atoms with Gasteiger partial charge < -0.3 is 10.3 Å². The number of nitrogens with zero attached hydrogens (tertiary/aromatic N) is 2. The van der Waals surface area contributed by atoms with Crippen molar-refractivity contribution in [2.24, 2.45) is 5.73 Å². The largest absolute Gasteiger partial charge is 0.336 e. The number of nitrogens with two attached hydrogens (primary N) is 1. The van der Waals surface area contributed by atoms with Crippen molar-refractivity contribution in [3.8, 4) is 0 Å². The summed E-state index contributed by atoms with van der Waals surface area (Å²) in [6.07, 6.45) is 10.3. The Morgan fingerprint density at radius 2 is 2.21 bits per heavy atom. The highest BCUT2D eigenvalue weighted by Crippen LogP contribution is 2.05. The first kappa shape index (κ1) is 11.2. The maximum atomic E-state index is 5.46. The molecule has 0 radical (unpaired) electrons. The zero-order chi connectivity index (χ0) is 10.2. The van der Waals surface area contributed by atoms with Gasteiger partial charge in [0.2, 0.25) is 0 Å². The van der Waals surface area contributed by atoms with E-state index < -0.39 is 0 Å². The van der Waals surface area contributed by atoms with Crippen LogP contribution in [0, 0.1) is 0 Å². The van der Waals surface area contributed by atoms with E-state index in [-0.39, 0.29) is 0 Å². The molecule has 14 heavy (non-hydrogen) atoms. The van der Waals surface area contributed by atoms with E-state index in [4.69, 9.17) is 5.73 Å². The van der Waals surface area contributed by atoms with Crippen LogP contribution in [0.2, 0.25) is 0 Å². The van der Waals surface area contributed by atoms with Crippen LogP contribution in [-0.2, 0) is 13.0 Å². The number of imidazole rings is 1. The zero-order valence-corrected chi connectivity index (χ0v) is 9.08. The summed E-state index contributed by atoms with van der Waals surface area (Å²) in [5.41, 5.74) is 6.66. The van der Waals surface area contributed by atoms with Crippen molar-refractivity contribution in [3.05, 3.63) is 18.2 Å². The van der Waals surface area contributed by atoms with E-state index in [0.717, 1.165) is 13.0 Å². The minimum atomic E-state index is 0.686. The highest BCUT2D eigenvalue weighted by Gasteiger charge is 1.97. The van der Waals surface area contributed by atoms with E-state index in [1.807, 2.05) is 6.33 Å². The second-order valence-electron chi connectivity index (χ2n) is 3.70. The van der Waals surface area contributed by atoms with Crippen molar-refractivity contribution in [2.45, 2.75) is 45.6 Å². The standard InChI is InChI=1S/C11H21N3/c1-2-3-4-5-6-11-9-14(8-7-12)10-13-11/h9-10H,2-8,12H2,1H3. The van der Waals surface area contributed by atoms with E-state index in [1.54, 1.807) is 0 Å². The molecule has 1 heterocycles. The molecule has 1 rings (SSSR count). The summed E-state index contributed by atoms with van der Waals surface area (Å²) >= 11 is 0. The maximum Gasteiger partial charge on any atom is 0.0949 e. The van der Waals surface area contributed by atoms with Gasteiger partial charge in [-0.2, -0.15) is 0 Å². The van der Waals surface area contributed by atoms with Crippen LogP contribution < -0.4 is 5.73 Å². The Morgan fingerprint density at radius 3 is 2.93 bits per heavy atom. The molecule has 3 heteroatoms. The summed E-state index contributed by atoms with van der Waals surface area (Å²) in [4.78, 5) is 4.34. The van der Waals surface area contributed by atoms with Crippen LogP contribution in [0.4, 0.5) is 0 Å². The van der Waals surface area contributed by atoms with Crippen LogP contribution in [0.3, 0.4) is 0 Å². The SMILES string of the molecule is CCCCCCc1cn(CCN)cn1. The summed E-state index contributed by atoms with van der Waals surface area (Å²) in [5, 5.41) is 0. The number of hydrogen-bond donors (Lipinski definition) is 1. The molecule has 1 aromatic rings. The molecule has 0 aliphatic heterocycles. The molecular weight excluding hydrogens is 174 g/mol. The topological polar surface area (TPSA) is 43.8 Å². The first-order valence-electron chi connectivity index (χ1n) is 5.57. The Morgan fingerprint density at radius 1 is 1.36 bits per heavy atom. The van der Waals surface area contributed by atoms with E-state index in [0.29, 0.717) is 6.54 Å². The van der Waals surface area contributed by atoms with Gasteiger partial charge in [0.15, 0.2) is 0 Å². The molecule has 0 amide bonds. The van der Waals surface area contributed by atoms with Gasteiger partial charge in [-0.15, -0.1) is 0 Å². The fourth-order valence-electron chi connectivity index (χ4n) is 1.54. The summed E-state index contributed by atoms with van der Waals surface area (Å²) < 4.78 is 2.06. The van der Waals surface area contributed by atoms with Gasteiger partial charge in [0, 0.05) is 19.3 Å². The molecule has 0 aliphatic carbocycles. The zero-order valence-electron chi connectivity index (χ0n) is 9.08. The molecular formula is C11H21N3. The highest BCUT2D eigenvalue weighted by molar-refractivity contribution is 4.96. The van der Waals surface area contributed by atoms with Crippen molar-refractivity contribution < 1.29 is 0 Å². The lowest BCUT2D eigenvalue weighted by Crippen LogP contribution is -2.07. The Labute approximate surface area is 86.3 Å². The van der Waals surface area contributed by atoms with Crippen LogP contribution in [-0.4, -0.2) is 16.1 Å². The maximum absolute atomic E-state index is 5.46. The lowest BCUT2D eigenvalue weighted by molar-refractivity contribution is 0.660. The Balaban J connectivity index is 2.22. The lowest BCUT2D eigenvalue weighted by atomic mass is 10.1. The summed E-state index contributed by atoms with van der Waals surface area (Å²) in [6.45, 7) is 3.80. The van der Waals surface area contributed by atoms with Crippen molar-refractivity contribution in [1.29, 1.82) is 0 Å². The molecule has 0 unspecified atom stereocenters. The predicted octanol–water partition coefficient (Wildman–Crippen LogP) is 1.96. The van der Waals surface area contributed by atoms with Crippen molar-refractivity contribution in [2.75, 3.05) is 6.54 Å². The summed E-state index contributed by atoms with van der Waals surface area (Å²) in [7, 11) is 0. The first-order chi connectivity index (χ1) is 6.86. The summed E-state index contributed by atoms with van der Waals surface area (Å²) in [5.74, 6) is 0. The van der Waals surface area contributed by atoms with Crippen LogP contribution in [0.1, 0.15) is 38.3 Å². The molecule has 0 bridgehead atoms. The third kappa shape index (κ3) is 3.92. The van der Waals surface area contributed by atoms with Crippen molar-refractivity contribution in [3.63, 3.8) is 0 Å². The number of rotatable bonds is 7.